The van der Waals surface area contributed by atoms with Gasteiger partial charge in [-0.15, -0.1) is 0 Å². The standard InChI is InChI=1S/C21H25N3O3/c1-13-4-6-19(22-11-13)16-8-17(21(27)23-14(2)12-25)10-18(9-16)24-15(3)5-7-20(24)26/h4,6,8-11,14-15,25H,5,7,12H2,1-3H3,(H,23,27). The van der Waals surface area contributed by atoms with Crippen molar-refractivity contribution < 1.29 is 14.7 Å². The van der Waals surface area contributed by atoms with Crippen LogP contribution in [0.1, 0.15) is 42.6 Å². The molecule has 1 aliphatic heterocycles. The molecule has 2 heterocycles. The van der Waals surface area contributed by atoms with Crippen molar-refractivity contribution in [2.24, 2.45) is 0 Å². The third kappa shape index (κ3) is 4.17. The Labute approximate surface area is 159 Å². The number of aromatic nitrogens is 1. The maximum absolute atomic E-state index is 12.6. The van der Waals surface area contributed by atoms with E-state index in [1.807, 2.05) is 32.0 Å². The summed E-state index contributed by atoms with van der Waals surface area (Å²) in [5, 5.41) is 12.0. The Kier molecular flexibility index (Phi) is 5.56. The van der Waals surface area contributed by atoms with Crippen molar-refractivity contribution in [2.45, 2.75) is 45.7 Å². The summed E-state index contributed by atoms with van der Waals surface area (Å²) in [6.45, 7) is 5.57. The summed E-state index contributed by atoms with van der Waals surface area (Å²) in [6.07, 6.45) is 3.09. The van der Waals surface area contributed by atoms with Crippen molar-refractivity contribution in [3.05, 3.63) is 47.7 Å². The third-order valence-corrected chi connectivity index (χ3v) is 4.80. The molecule has 0 bridgehead atoms. The Hall–Kier alpha value is -2.73. The highest BCUT2D eigenvalue weighted by Crippen LogP contribution is 2.31. The average molecular weight is 367 g/mol. The SMILES string of the molecule is Cc1ccc(-c2cc(C(=O)NC(C)CO)cc(N3C(=O)CCC3C)c2)nc1. The minimum absolute atomic E-state index is 0.0617. The summed E-state index contributed by atoms with van der Waals surface area (Å²) in [6, 6.07) is 9.01. The van der Waals surface area contributed by atoms with Crippen molar-refractivity contribution in [3.8, 4) is 11.3 Å². The van der Waals surface area contributed by atoms with Gasteiger partial charge in [0.2, 0.25) is 5.91 Å². The van der Waals surface area contributed by atoms with Crippen LogP contribution >= 0.6 is 0 Å². The molecule has 0 saturated carbocycles. The van der Waals surface area contributed by atoms with E-state index in [9.17, 15) is 14.7 Å². The molecule has 0 spiro atoms. The van der Waals surface area contributed by atoms with E-state index in [1.54, 1.807) is 30.2 Å². The fourth-order valence-corrected chi connectivity index (χ4v) is 3.25. The number of aliphatic hydroxyl groups excluding tert-OH is 1. The number of carbonyl (C=O) groups excluding carboxylic acids is 2. The average Bonchev–Trinajstić information content (AvgIpc) is 3.00. The normalized spacial score (nSPS) is 17.9. The van der Waals surface area contributed by atoms with E-state index in [-0.39, 0.29) is 30.5 Å². The molecule has 1 saturated heterocycles. The smallest absolute Gasteiger partial charge is 0.251 e. The zero-order chi connectivity index (χ0) is 19.6. The monoisotopic (exact) mass is 367 g/mol. The number of hydrogen-bond acceptors (Lipinski definition) is 4. The van der Waals surface area contributed by atoms with Crippen LogP contribution in [0.3, 0.4) is 0 Å². The van der Waals surface area contributed by atoms with Gasteiger partial charge < -0.3 is 15.3 Å². The highest BCUT2D eigenvalue weighted by Gasteiger charge is 2.29. The van der Waals surface area contributed by atoms with Crippen LogP contribution in [-0.2, 0) is 4.79 Å². The lowest BCUT2D eigenvalue weighted by Gasteiger charge is -2.23. The van der Waals surface area contributed by atoms with Gasteiger partial charge in [0.25, 0.3) is 5.91 Å². The van der Waals surface area contributed by atoms with Crippen LogP contribution in [0.4, 0.5) is 5.69 Å². The van der Waals surface area contributed by atoms with Gasteiger partial charge in [-0.2, -0.15) is 0 Å². The maximum Gasteiger partial charge on any atom is 0.251 e. The fourth-order valence-electron chi connectivity index (χ4n) is 3.25. The number of carbonyl (C=O) groups is 2. The van der Waals surface area contributed by atoms with E-state index in [0.717, 1.165) is 23.2 Å². The number of aryl methyl sites for hydroxylation is 1. The summed E-state index contributed by atoms with van der Waals surface area (Å²) in [7, 11) is 0. The molecule has 3 rings (SSSR count). The zero-order valence-electron chi connectivity index (χ0n) is 15.9. The van der Waals surface area contributed by atoms with Gasteiger partial charge in [-0.1, -0.05) is 6.07 Å². The summed E-state index contributed by atoms with van der Waals surface area (Å²) in [5.74, 6) is -0.224. The molecule has 0 radical (unpaired) electrons. The number of benzene rings is 1. The Morgan fingerprint density at radius 1 is 1.37 bits per heavy atom. The van der Waals surface area contributed by atoms with Crippen LogP contribution in [0.2, 0.25) is 0 Å². The molecule has 1 fully saturated rings. The third-order valence-electron chi connectivity index (χ3n) is 4.80. The Morgan fingerprint density at radius 3 is 2.74 bits per heavy atom. The van der Waals surface area contributed by atoms with Crippen molar-refractivity contribution in [1.82, 2.24) is 10.3 Å². The molecule has 1 aliphatic rings. The van der Waals surface area contributed by atoms with Crippen LogP contribution in [0.5, 0.6) is 0 Å². The lowest BCUT2D eigenvalue weighted by Crippen LogP contribution is -2.35. The molecule has 1 aromatic carbocycles. The second-order valence-corrected chi connectivity index (χ2v) is 7.20. The van der Waals surface area contributed by atoms with Gasteiger partial charge in [-0.05, 0) is 57.0 Å². The second kappa shape index (κ2) is 7.88. The Balaban J connectivity index is 2.06. The topological polar surface area (TPSA) is 82.5 Å². The number of anilines is 1. The van der Waals surface area contributed by atoms with E-state index in [4.69, 9.17) is 0 Å². The highest BCUT2D eigenvalue weighted by molar-refractivity contribution is 6.01. The molecule has 2 unspecified atom stereocenters. The first-order valence-electron chi connectivity index (χ1n) is 9.21. The summed E-state index contributed by atoms with van der Waals surface area (Å²) in [4.78, 5) is 31.2. The number of rotatable bonds is 5. The molecule has 6 heteroatoms. The van der Waals surface area contributed by atoms with E-state index in [0.29, 0.717) is 17.7 Å². The van der Waals surface area contributed by atoms with Gasteiger partial charge in [0, 0.05) is 41.5 Å². The van der Waals surface area contributed by atoms with Crippen LogP contribution in [-0.4, -0.2) is 40.6 Å². The maximum atomic E-state index is 12.6. The minimum Gasteiger partial charge on any atom is -0.394 e. The number of hydrogen-bond donors (Lipinski definition) is 2. The van der Waals surface area contributed by atoms with Gasteiger partial charge in [0.05, 0.1) is 12.3 Å². The van der Waals surface area contributed by atoms with Crippen LogP contribution < -0.4 is 10.2 Å². The minimum atomic E-state index is -0.352. The molecule has 2 N–H and O–H groups in total. The Bertz CT molecular complexity index is 848. The predicted molar refractivity (Wildman–Crippen MR) is 105 cm³/mol. The first-order valence-corrected chi connectivity index (χ1v) is 9.21. The molecular weight excluding hydrogens is 342 g/mol. The zero-order valence-corrected chi connectivity index (χ0v) is 15.9. The molecular formula is C21H25N3O3. The largest absolute Gasteiger partial charge is 0.394 e. The predicted octanol–water partition coefficient (Wildman–Crippen LogP) is 2.68. The number of nitrogens with zero attached hydrogens (tertiary/aromatic N) is 2. The van der Waals surface area contributed by atoms with Gasteiger partial charge in [0.1, 0.15) is 0 Å². The van der Waals surface area contributed by atoms with Gasteiger partial charge in [-0.25, -0.2) is 0 Å². The van der Waals surface area contributed by atoms with Gasteiger partial charge >= 0.3 is 0 Å². The highest BCUT2D eigenvalue weighted by atomic mass is 16.3. The summed E-state index contributed by atoms with van der Waals surface area (Å²) < 4.78 is 0. The lowest BCUT2D eigenvalue weighted by atomic mass is 10.0. The van der Waals surface area contributed by atoms with Gasteiger partial charge in [0.15, 0.2) is 0 Å². The van der Waals surface area contributed by atoms with Crippen LogP contribution in [0, 0.1) is 6.92 Å². The molecule has 1 aromatic heterocycles. The van der Waals surface area contributed by atoms with Crippen molar-refractivity contribution in [3.63, 3.8) is 0 Å². The number of nitrogens with one attached hydrogen (secondary N) is 1. The van der Waals surface area contributed by atoms with Crippen molar-refractivity contribution >= 4 is 17.5 Å². The molecule has 27 heavy (non-hydrogen) atoms. The van der Waals surface area contributed by atoms with Crippen LogP contribution in [0.25, 0.3) is 11.3 Å². The van der Waals surface area contributed by atoms with E-state index < -0.39 is 0 Å². The molecule has 2 atom stereocenters. The quantitative estimate of drug-likeness (QED) is 0.851. The molecule has 0 aliphatic carbocycles. The number of aliphatic hydroxyl groups is 1. The fraction of sp³-hybridized carbons (Fsp3) is 0.381. The van der Waals surface area contributed by atoms with E-state index in [1.165, 1.54) is 0 Å². The van der Waals surface area contributed by atoms with Crippen molar-refractivity contribution in [1.29, 1.82) is 0 Å². The van der Waals surface area contributed by atoms with Crippen molar-refractivity contribution in [2.75, 3.05) is 11.5 Å². The van der Waals surface area contributed by atoms with E-state index >= 15 is 0 Å². The first-order chi connectivity index (χ1) is 12.9. The molecule has 142 valence electrons. The summed E-state index contributed by atoms with van der Waals surface area (Å²) >= 11 is 0. The van der Waals surface area contributed by atoms with E-state index in [2.05, 4.69) is 10.3 Å². The summed E-state index contributed by atoms with van der Waals surface area (Å²) in [5.41, 5.74) is 3.71. The molecule has 2 aromatic rings. The molecule has 6 nitrogen and oxygen atoms in total. The lowest BCUT2D eigenvalue weighted by molar-refractivity contribution is -0.117. The Morgan fingerprint density at radius 2 is 2.15 bits per heavy atom. The van der Waals surface area contributed by atoms with Crippen LogP contribution in [0.15, 0.2) is 36.5 Å². The molecule has 2 amide bonds. The number of pyridine rings is 1. The number of amides is 2. The second-order valence-electron chi connectivity index (χ2n) is 7.20. The first kappa shape index (κ1) is 19.0. The van der Waals surface area contributed by atoms with Gasteiger partial charge in [-0.3, -0.25) is 14.6 Å².